The molecule has 1 amide bonds. The lowest BCUT2D eigenvalue weighted by atomic mass is 10.1. The third kappa shape index (κ3) is 3.93. The van der Waals surface area contributed by atoms with Crippen LogP contribution in [0.4, 0.5) is 0 Å². The second-order valence-electron chi connectivity index (χ2n) is 4.37. The van der Waals surface area contributed by atoms with Gasteiger partial charge in [-0.3, -0.25) is 4.79 Å². The molecule has 0 aliphatic carbocycles. The zero-order valence-electron chi connectivity index (χ0n) is 11.3. The number of carbonyl (C=O) groups excluding carboxylic acids is 1. The van der Waals surface area contributed by atoms with Crippen LogP contribution in [0.1, 0.15) is 22.8 Å². The molecule has 2 aromatic carbocycles. The molecule has 2 aromatic rings. The maximum Gasteiger partial charge on any atom is 0.271 e. The number of hydrogen-bond acceptors (Lipinski definition) is 2. The van der Waals surface area contributed by atoms with E-state index < -0.39 is 0 Å². The lowest BCUT2D eigenvalue weighted by Crippen LogP contribution is -2.19. The van der Waals surface area contributed by atoms with Crippen molar-refractivity contribution in [2.45, 2.75) is 6.92 Å². The van der Waals surface area contributed by atoms with E-state index in [4.69, 9.17) is 46.4 Å². The van der Waals surface area contributed by atoms with Gasteiger partial charge < -0.3 is 0 Å². The number of halogens is 4. The van der Waals surface area contributed by atoms with Gasteiger partial charge in [-0.05, 0) is 37.3 Å². The number of amides is 1. The quantitative estimate of drug-likeness (QED) is 0.432. The van der Waals surface area contributed by atoms with Crippen LogP contribution >= 0.6 is 46.4 Å². The van der Waals surface area contributed by atoms with Crippen molar-refractivity contribution < 1.29 is 4.79 Å². The molecule has 0 saturated carbocycles. The molecule has 7 heteroatoms. The Morgan fingerprint density at radius 1 is 0.955 bits per heavy atom. The van der Waals surface area contributed by atoms with E-state index in [1.54, 1.807) is 43.3 Å². The SMILES string of the molecule is CC(=NNC(=O)c1ccc(Cl)cc1)c1ccc(Cl)c(Cl)c1Cl. The predicted molar refractivity (Wildman–Crippen MR) is 92.6 cm³/mol. The zero-order valence-corrected chi connectivity index (χ0v) is 14.4. The second kappa shape index (κ2) is 7.34. The van der Waals surface area contributed by atoms with Gasteiger partial charge in [0.15, 0.2) is 0 Å². The van der Waals surface area contributed by atoms with E-state index in [9.17, 15) is 4.79 Å². The lowest BCUT2D eigenvalue weighted by molar-refractivity contribution is 0.0955. The smallest absolute Gasteiger partial charge is 0.267 e. The van der Waals surface area contributed by atoms with E-state index in [0.29, 0.717) is 26.9 Å². The Hall–Kier alpha value is -1.26. The van der Waals surface area contributed by atoms with Gasteiger partial charge in [-0.2, -0.15) is 5.10 Å². The summed E-state index contributed by atoms with van der Waals surface area (Å²) in [5.74, 6) is -0.354. The summed E-state index contributed by atoms with van der Waals surface area (Å²) in [7, 11) is 0. The van der Waals surface area contributed by atoms with Gasteiger partial charge in [-0.1, -0.05) is 52.5 Å². The predicted octanol–water partition coefficient (Wildman–Crippen LogP) is 5.45. The average Bonchev–Trinajstić information content (AvgIpc) is 2.51. The summed E-state index contributed by atoms with van der Waals surface area (Å²) in [6.07, 6.45) is 0. The van der Waals surface area contributed by atoms with Crippen molar-refractivity contribution >= 4 is 58.0 Å². The van der Waals surface area contributed by atoms with Crippen LogP contribution in [0.15, 0.2) is 41.5 Å². The van der Waals surface area contributed by atoms with E-state index in [1.165, 1.54) is 0 Å². The highest BCUT2D eigenvalue weighted by molar-refractivity contribution is 6.49. The third-order valence-corrected chi connectivity index (χ3v) is 4.40. The minimum absolute atomic E-state index is 0.249. The molecule has 22 heavy (non-hydrogen) atoms. The van der Waals surface area contributed by atoms with Crippen LogP contribution in [0.25, 0.3) is 0 Å². The molecule has 0 saturated heterocycles. The molecule has 2 rings (SSSR count). The van der Waals surface area contributed by atoms with Gasteiger partial charge in [0.05, 0.1) is 20.8 Å². The number of hydrogen-bond donors (Lipinski definition) is 1. The van der Waals surface area contributed by atoms with E-state index in [-0.39, 0.29) is 16.0 Å². The zero-order chi connectivity index (χ0) is 16.3. The van der Waals surface area contributed by atoms with Crippen LogP contribution in [-0.2, 0) is 0 Å². The van der Waals surface area contributed by atoms with E-state index in [1.807, 2.05) is 0 Å². The topological polar surface area (TPSA) is 41.5 Å². The maximum absolute atomic E-state index is 12.0. The van der Waals surface area contributed by atoms with Crippen LogP contribution < -0.4 is 5.43 Å². The van der Waals surface area contributed by atoms with Gasteiger partial charge in [0, 0.05) is 16.1 Å². The van der Waals surface area contributed by atoms with Crippen LogP contribution in [0.3, 0.4) is 0 Å². The molecule has 0 unspecified atom stereocenters. The van der Waals surface area contributed by atoms with Gasteiger partial charge in [-0.25, -0.2) is 5.43 Å². The minimum Gasteiger partial charge on any atom is -0.267 e. The highest BCUT2D eigenvalue weighted by atomic mass is 35.5. The molecule has 0 spiro atoms. The Kier molecular flexibility index (Phi) is 5.70. The molecule has 114 valence electrons. The highest BCUT2D eigenvalue weighted by Crippen LogP contribution is 2.32. The van der Waals surface area contributed by atoms with Crippen molar-refractivity contribution in [3.8, 4) is 0 Å². The fourth-order valence-corrected chi connectivity index (χ4v) is 2.46. The van der Waals surface area contributed by atoms with E-state index in [0.717, 1.165) is 0 Å². The average molecular weight is 376 g/mol. The second-order valence-corrected chi connectivity index (χ2v) is 5.97. The Morgan fingerprint density at radius 2 is 1.59 bits per heavy atom. The third-order valence-electron chi connectivity index (χ3n) is 2.86. The summed E-state index contributed by atoms with van der Waals surface area (Å²) in [5, 5.41) is 5.47. The monoisotopic (exact) mass is 374 g/mol. The summed E-state index contributed by atoms with van der Waals surface area (Å²) < 4.78 is 0. The minimum atomic E-state index is -0.354. The van der Waals surface area contributed by atoms with Crippen molar-refractivity contribution in [1.82, 2.24) is 5.43 Å². The molecular weight excluding hydrogens is 366 g/mol. The van der Waals surface area contributed by atoms with Crippen molar-refractivity contribution in [1.29, 1.82) is 0 Å². The Labute approximate surface area is 147 Å². The number of nitrogens with one attached hydrogen (secondary N) is 1. The first kappa shape index (κ1) is 17.1. The molecule has 0 atom stereocenters. The Balaban J connectivity index is 2.18. The first-order valence-corrected chi connectivity index (χ1v) is 7.65. The largest absolute Gasteiger partial charge is 0.271 e. The molecule has 0 aromatic heterocycles. The molecular formula is C15H10Cl4N2O. The molecule has 0 fully saturated rings. The molecule has 3 nitrogen and oxygen atoms in total. The summed E-state index contributed by atoms with van der Waals surface area (Å²) in [6.45, 7) is 1.70. The standard InChI is InChI=1S/C15H10Cl4N2O/c1-8(11-6-7-12(17)14(19)13(11)18)20-21-15(22)9-2-4-10(16)5-3-9/h2-7H,1H3,(H,21,22). The molecule has 0 heterocycles. The lowest BCUT2D eigenvalue weighted by Gasteiger charge is -2.07. The summed E-state index contributed by atoms with van der Waals surface area (Å²) in [5.41, 5.74) is 3.99. The molecule has 0 radical (unpaired) electrons. The highest BCUT2D eigenvalue weighted by Gasteiger charge is 2.11. The van der Waals surface area contributed by atoms with Crippen molar-refractivity contribution in [3.05, 3.63) is 67.6 Å². The van der Waals surface area contributed by atoms with Crippen molar-refractivity contribution in [2.24, 2.45) is 5.10 Å². The number of rotatable bonds is 3. The Morgan fingerprint density at radius 3 is 2.23 bits per heavy atom. The summed E-state index contributed by atoms with van der Waals surface area (Å²) in [6, 6.07) is 9.77. The first-order valence-electron chi connectivity index (χ1n) is 6.14. The molecule has 0 bridgehead atoms. The van der Waals surface area contributed by atoms with E-state index >= 15 is 0 Å². The Bertz CT molecular complexity index is 742. The molecule has 0 aliphatic heterocycles. The maximum atomic E-state index is 12.0. The van der Waals surface area contributed by atoms with Crippen LogP contribution in [0.2, 0.25) is 20.1 Å². The number of hydrazone groups is 1. The normalized spacial score (nSPS) is 11.4. The fraction of sp³-hybridized carbons (Fsp3) is 0.0667. The van der Waals surface area contributed by atoms with Crippen LogP contribution in [-0.4, -0.2) is 11.6 Å². The van der Waals surface area contributed by atoms with Gasteiger partial charge in [0.2, 0.25) is 0 Å². The van der Waals surface area contributed by atoms with Crippen LogP contribution in [0, 0.1) is 0 Å². The number of benzene rings is 2. The van der Waals surface area contributed by atoms with Gasteiger partial charge >= 0.3 is 0 Å². The van der Waals surface area contributed by atoms with Crippen molar-refractivity contribution in [3.63, 3.8) is 0 Å². The molecule has 0 aliphatic rings. The van der Waals surface area contributed by atoms with Gasteiger partial charge in [0.1, 0.15) is 0 Å². The van der Waals surface area contributed by atoms with Gasteiger partial charge in [0.25, 0.3) is 5.91 Å². The summed E-state index contributed by atoms with van der Waals surface area (Å²) >= 11 is 23.7. The van der Waals surface area contributed by atoms with Gasteiger partial charge in [-0.15, -0.1) is 0 Å². The molecule has 1 N–H and O–H groups in total. The van der Waals surface area contributed by atoms with Crippen LogP contribution in [0.5, 0.6) is 0 Å². The van der Waals surface area contributed by atoms with Crippen molar-refractivity contribution in [2.75, 3.05) is 0 Å². The number of nitrogens with zero attached hydrogens (tertiary/aromatic N) is 1. The summed E-state index contributed by atoms with van der Waals surface area (Å²) in [4.78, 5) is 12.0. The fourth-order valence-electron chi connectivity index (χ4n) is 1.67. The number of carbonyl (C=O) groups is 1. The first-order chi connectivity index (χ1) is 10.4. The van der Waals surface area contributed by atoms with E-state index in [2.05, 4.69) is 10.5 Å².